The Kier molecular flexibility index (Phi) is 8.89. The number of nitrogens with zero attached hydrogens (tertiary/aromatic N) is 3. The van der Waals surface area contributed by atoms with Gasteiger partial charge in [0.25, 0.3) is 0 Å². The Morgan fingerprint density at radius 3 is 1.64 bits per heavy atom. The number of aryl methyl sites for hydroxylation is 2. The van der Waals surface area contributed by atoms with E-state index < -0.39 is 31.0 Å². The lowest BCUT2D eigenvalue weighted by Gasteiger charge is -2.27. The normalized spacial score (nSPS) is 17.0. The maximum absolute atomic E-state index is 14.4. The van der Waals surface area contributed by atoms with E-state index in [9.17, 15) is 24.6 Å². The summed E-state index contributed by atoms with van der Waals surface area (Å²) in [6.07, 6.45) is 2.78. The number of phenols is 2. The van der Waals surface area contributed by atoms with Crippen LogP contribution in [0.5, 0.6) is 11.5 Å². The smallest absolute Gasteiger partial charge is 0.410 e. The van der Waals surface area contributed by atoms with Gasteiger partial charge in [0.05, 0.1) is 22.4 Å². The molecule has 1 unspecified atom stereocenters. The predicted octanol–water partition coefficient (Wildman–Crippen LogP) is 7.97. The minimum atomic E-state index is -0.824. The van der Waals surface area contributed by atoms with Crippen LogP contribution in [-0.2, 0) is 14.3 Å². The zero-order valence-electron chi connectivity index (χ0n) is 30.7. The van der Waals surface area contributed by atoms with E-state index in [1.807, 2.05) is 62.4 Å². The maximum Gasteiger partial charge on any atom is 0.410 e. The van der Waals surface area contributed by atoms with E-state index in [0.717, 1.165) is 60.2 Å². The Balaban J connectivity index is 1.04. The van der Waals surface area contributed by atoms with Crippen LogP contribution in [0.25, 0.3) is 32.9 Å². The minimum Gasteiger partial charge on any atom is -0.506 e. The predicted molar refractivity (Wildman–Crippen MR) is 218 cm³/mol. The number of alkyl halides is 2. The van der Waals surface area contributed by atoms with Crippen molar-refractivity contribution in [3.63, 3.8) is 0 Å². The fourth-order valence-electron chi connectivity index (χ4n) is 9.14. The first-order valence-corrected chi connectivity index (χ1v) is 19.7. The number of anilines is 2. The van der Waals surface area contributed by atoms with Crippen molar-refractivity contribution in [2.75, 3.05) is 54.3 Å². The van der Waals surface area contributed by atoms with Gasteiger partial charge in [0, 0.05) is 77.9 Å². The van der Waals surface area contributed by atoms with Crippen molar-refractivity contribution in [3.8, 4) is 22.6 Å². The maximum atomic E-state index is 14.4. The van der Waals surface area contributed by atoms with Crippen LogP contribution in [0.3, 0.4) is 0 Å². The van der Waals surface area contributed by atoms with Crippen molar-refractivity contribution in [1.82, 2.24) is 14.9 Å². The fraction of sp³-hybridized carbons (Fsp3) is 0.279. The molecule has 0 radical (unpaired) electrons. The van der Waals surface area contributed by atoms with Gasteiger partial charge >= 0.3 is 6.09 Å². The van der Waals surface area contributed by atoms with Gasteiger partial charge in [0.15, 0.2) is 0 Å². The number of fused-ring (bicyclic) bond motifs is 9. The number of aromatic nitrogens is 2. The number of carbonyl (C=O) groups excluding carboxylic acids is 3. The topological polar surface area (TPSA) is 142 Å². The lowest BCUT2D eigenvalue weighted by molar-refractivity contribution is -0.122. The highest BCUT2D eigenvalue weighted by molar-refractivity contribution is 6.19. The molecule has 286 valence electrons. The molecule has 4 N–H and O–H groups in total. The second-order valence-corrected chi connectivity index (χ2v) is 15.6. The molecule has 0 spiro atoms. The Morgan fingerprint density at radius 2 is 1.20 bits per heavy atom. The lowest BCUT2D eigenvalue weighted by atomic mass is 9.97. The van der Waals surface area contributed by atoms with E-state index >= 15 is 0 Å². The summed E-state index contributed by atoms with van der Waals surface area (Å²) in [5, 5.41) is 23.6. The molecule has 4 heterocycles. The van der Waals surface area contributed by atoms with Crippen LogP contribution < -0.4 is 9.80 Å². The second-order valence-electron chi connectivity index (χ2n) is 15.0. The van der Waals surface area contributed by atoms with E-state index in [0.29, 0.717) is 22.4 Å². The number of nitrogens with one attached hydrogen (secondary N) is 2. The molecule has 0 saturated carbocycles. The highest BCUT2D eigenvalue weighted by atomic mass is 35.5. The van der Waals surface area contributed by atoms with Crippen molar-refractivity contribution < 1.29 is 29.3 Å². The molecular formula is C43H39Cl2N5O6. The van der Waals surface area contributed by atoms with Gasteiger partial charge < -0.3 is 34.7 Å². The molecule has 9 rings (SSSR count). The molecule has 13 heteroatoms. The first-order valence-electron chi connectivity index (χ1n) is 18.6. The van der Waals surface area contributed by atoms with Crippen LogP contribution in [0.2, 0.25) is 0 Å². The van der Waals surface area contributed by atoms with Gasteiger partial charge in [0.2, 0.25) is 11.8 Å². The van der Waals surface area contributed by atoms with Crippen molar-refractivity contribution >= 4 is 74.3 Å². The van der Waals surface area contributed by atoms with Crippen LogP contribution in [0.15, 0.2) is 73.1 Å². The number of phenolic OH excluding ortho intramolecular Hbond substituents is 2. The van der Waals surface area contributed by atoms with Gasteiger partial charge in [-0.25, -0.2) is 4.79 Å². The van der Waals surface area contributed by atoms with E-state index in [2.05, 4.69) is 9.97 Å². The molecule has 11 nitrogen and oxygen atoms in total. The molecule has 3 aliphatic rings. The molecule has 56 heavy (non-hydrogen) atoms. The standard InChI is InChI=1S/C43H39Cl2N5O6/c1-22-15-46-41-33(51)11-31-39(37(22)41)24(13-44)17-49(31)35(53)19-48(43(55)56-21-30-28-9-5-3-7-26(28)27-8-4-6-10-29(27)30)20-36(54)50-18-25(14-45)40-32(50)12-34(52)42-38(40)23(2)16-47-42/h3-12,15-16,24-25,30,46-47,51-52H,13-14,17-21H2,1-2H3/t24-,25?/m1/s1. The third-order valence-electron chi connectivity index (χ3n) is 11.7. The third kappa shape index (κ3) is 5.58. The van der Waals surface area contributed by atoms with Gasteiger partial charge in [-0.05, 0) is 58.4 Å². The summed E-state index contributed by atoms with van der Waals surface area (Å²) in [5.74, 6) is -1.20. The summed E-state index contributed by atoms with van der Waals surface area (Å²) in [7, 11) is 0. The Bertz CT molecular complexity index is 2430. The highest BCUT2D eigenvalue weighted by Gasteiger charge is 2.40. The van der Waals surface area contributed by atoms with Gasteiger partial charge in [-0.3, -0.25) is 14.5 Å². The number of hydrogen-bond donors (Lipinski definition) is 4. The largest absolute Gasteiger partial charge is 0.506 e. The van der Waals surface area contributed by atoms with Crippen LogP contribution >= 0.6 is 23.2 Å². The quantitative estimate of drug-likeness (QED) is 0.115. The zero-order valence-corrected chi connectivity index (χ0v) is 32.2. The molecule has 0 saturated heterocycles. The number of amides is 3. The summed E-state index contributed by atoms with van der Waals surface area (Å²) >= 11 is 13.0. The highest BCUT2D eigenvalue weighted by Crippen LogP contribution is 2.48. The number of ether oxygens (including phenoxy) is 1. The number of hydrogen-bond acceptors (Lipinski definition) is 6. The van der Waals surface area contributed by atoms with Gasteiger partial charge in [-0.2, -0.15) is 0 Å². The monoisotopic (exact) mass is 791 g/mol. The van der Waals surface area contributed by atoms with E-state index in [4.69, 9.17) is 27.9 Å². The van der Waals surface area contributed by atoms with Crippen molar-refractivity contribution in [2.24, 2.45) is 0 Å². The van der Waals surface area contributed by atoms with E-state index in [1.165, 1.54) is 9.80 Å². The summed E-state index contributed by atoms with van der Waals surface area (Å²) < 4.78 is 6.03. The number of aromatic amines is 2. The first kappa shape index (κ1) is 36.0. The minimum absolute atomic E-state index is 0.00920. The van der Waals surface area contributed by atoms with Crippen LogP contribution in [0.1, 0.15) is 51.1 Å². The molecule has 2 atom stereocenters. The van der Waals surface area contributed by atoms with Crippen LogP contribution in [0.4, 0.5) is 16.2 Å². The van der Waals surface area contributed by atoms with Crippen molar-refractivity contribution in [2.45, 2.75) is 31.6 Å². The molecule has 1 aliphatic carbocycles. The van der Waals surface area contributed by atoms with Gasteiger partial charge in [-0.1, -0.05) is 48.5 Å². The van der Waals surface area contributed by atoms with Crippen LogP contribution in [0, 0.1) is 13.8 Å². The first-order chi connectivity index (χ1) is 27.1. The molecule has 0 bridgehead atoms. The number of H-pyrrole nitrogens is 2. The SMILES string of the molecule is Cc1c[nH]c2c(O)cc3c(c12)C(CCl)CN3C(=O)CN(CC(=O)N1C[C@@H](CCl)c2c1cc(O)c1[nH]cc(C)c21)C(=O)OCC1c2ccccc2-c2ccccc21. The number of benzene rings is 4. The fourth-order valence-corrected chi connectivity index (χ4v) is 9.65. The Hall–Kier alpha value is -5.65. The average molecular weight is 793 g/mol. The third-order valence-corrected chi connectivity index (χ3v) is 12.5. The number of aromatic hydroxyl groups is 2. The van der Waals surface area contributed by atoms with Gasteiger partial charge in [-0.15, -0.1) is 23.2 Å². The molecule has 0 fully saturated rings. The molecule has 4 aromatic carbocycles. The van der Waals surface area contributed by atoms with Crippen molar-refractivity contribution in [1.29, 1.82) is 0 Å². The van der Waals surface area contributed by atoms with Crippen molar-refractivity contribution in [3.05, 3.63) is 106 Å². The number of carbonyl (C=O) groups is 3. The van der Waals surface area contributed by atoms with Gasteiger partial charge in [0.1, 0.15) is 31.2 Å². The zero-order chi connectivity index (χ0) is 39.0. The second kappa shape index (κ2) is 13.8. The molecule has 6 aromatic rings. The molecule has 3 amide bonds. The van der Waals surface area contributed by atoms with Crippen LogP contribution in [-0.4, -0.2) is 87.5 Å². The molecular weight excluding hydrogens is 753 g/mol. The number of rotatable bonds is 8. The molecule has 2 aliphatic heterocycles. The summed E-state index contributed by atoms with van der Waals surface area (Å²) in [6, 6.07) is 19.1. The Labute approximate surface area is 332 Å². The average Bonchev–Trinajstić information content (AvgIpc) is 4.02. The number of halogens is 2. The Morgan fingerprint density at radius 1 is 0.750 bits per heavy atom. The molecule has 2 aromatic heterocycles. The van der Waals surface area contributed by atoms with E-state index in [1.54, 1.807) is 24.5 Å². The summed E-state index contributed by atoms with van der Waals surface area (Å²) in [6.45, 7) is 3.33. The summed E-state index contributed by atoms with van der Waals surface area (Å²) in [4.78, 5) is 53.5. The summed E-state index contributed by atoms with van der Waals surface area (Å²) in [5.41, 5.74) is 9.83. The lowest BCUT2D eigenvalue weighted by Crippen LogP contribution is -2.48. The van der Waals surface area contributed by atoms with E-state index in [-0.39, 0.29) is 60.7 Å².